The number of amides is 1. The summed E-state index contributed by atoms with van der Waals surface area (Å²) in [5.41, 5.74) is 2.74. The highest BCUT2D eigenvalue weighted by Crippen LogP contribution is 2.30. The summed E-state index contributed by atoms with van der Waals surface area (Å²) in [5.74, 6) is -1.25. The number of aryl methyl sites for hydroxylation is 1. The van der Waals surface area contributed by atoms with Crippen molar-refractivity contribution in [2.75, 3.05) is 13.2 Å². The van der Waals surface area contributed by atoms with E-state index in [9.17, 15) is 18.0 Å². The number of carbonyl (C=O) groups excluding carboxylic acids is 1. The summed E-state index contributed by atoms with van der Waals surface area (Å²) in [5, 5.41) is 6.45. The van der Waals surface area contributed by atoms with Gasteiger partial charge in [0.1, 0.15) is 0 Å². The number of alkyl halides is 3. The Morgan fingerprint density at radius 1 is 1.50 bits per heavy atom. The number of carbonyl (C=O) groups is 1. The van der Waals surface area contributed by atoms with Gasteiger partial charge in [-0.2, -0.15) is 13.2 Å². The normalized spacial score (nSPS) is 11.8. The van der Waals surface area contributed by atoms with E-state index < -0.39 is 23.5 Å². The molecular weight excluding hydrogens is 253 g/mol. The molecule has 2 N–H and O–H groups in total. The van der Waals surface area contributed by atoms with Crippen LogP contribution in [0.25, 0.3) is 0 Å². The number of hydrogen-bond acceptors (Lipinski definition) is 4. The fraction of sp³-hybridized carbons (Fsp3) is 0.667. The summed E-state index contributed by atoms with van der Waals surface area (Å²) in [7, 11) is 0. The van der Waals surface area contributed by atoms with Crippen molar-refractivity contribution in [3.63, 3.8) is 0 Å². The average Bonchev–Trinajstić information content (AvgIpc) is 2.68. The van der Waals surface area contributed by atoms with Crippen molar-refractivity contribution in [2.24, 2.45) is 5.73 Å². The Morgan fingerprint density at radius 2 is 2.17 bits per heavy atom. The van der Waals surface area contributed by atoms with E-state index in [1.54, 1.807) is 6.92 Å². The maximum atomic E-state index is 12.7. The second-order valence-corrected chi connectivity index (χ2v) is 3.42. The average molecular weight is 266 g/mol. The number of aromatic nitrogens is 3. The van der Waals surface area contributed by atoms with Gasteiger partial charge in [-0.05, 0) is 13.3 Å². The van der Waals surface area contributed by atoms with Crippen molar-refractivity contribution >= 4 is 5.91 Å². The van der Waals surface area contributed by atoms with E-state index in [1.165, 1.54) is 0 Å². The highest BCUT2D eigenvalue weighted by molar-refractivity contribution is 5.91. The topological polar surface area (TPSA) is 83.0 Å². The van der Waals surface area contributed by atoms with E-state index in [2.05, 4.69) is 10.3 Å². The zero-order valence-electron chi connectivity index (χ0n) is 9.70. The first kappa shape index (κ1) is 14.4. The van der Waals surface area contributed by atoms with Crippen molar-refractivity contribution in [2.45, 2.75) is 26.1 Å². The van der Waals surface area contributed by atoms with Crippen LogP contribution in [0.5, 0.6) is 0 Å². The zero-order valence-corrected chi connectivity index (χ0v) is 9.70. The quantitative estimate of drug-likeness (QED) is 0.773. The van der Waals surface area contributed by atoms with Crippen LogP contribution in [0.2, 0.25) is 0 Å². The molecule has 0 fully saturated rings. The molecule has 102 valence electrons. The van der Waals surface area contributed by atoms with E-state index in [1.807, 2.05) is 0 Å². The number of nitrogens with zero attached hydrogens (tertiary/aromatic N) is 3. The molecule has 0 saturated carbocycles. The Labute approximate surface area is 101 Å². The molecule has 0 aromatic carbocycles. The van der Waals surface area contributed by atoms with Crippen LogP contribution < -0.4 is 5.73 Å². The molecule has 1 heterocycles. The van der Waals surface area contributed by atoms with Gasteiger partial charge in [-0.1, -0.05) is 5.21 Å². The van der Waals surface area contributed by atoms with E-state index in [-0.39, 0.29) is 6.54 Å². The zero-order chi connectivity index (χ0) is 13.8. The van der Waals surface area contributed by atoms with Crippen LogP contribution in [0, 0.1) is 0 Å². The SMILES string of the molecule is CCOCCCn1nnc(C(N)=O)c1C(F)(F)F. The molecule has 0 aliphatic rings. The maximum Gasteiger partial charge on any atom is 0.435 e. The monoisotopic (exact) mass is 266 g/mol. The van der Waals surface area contributed by atoms with Gasteiger partial charge < -0.3 is 10.5 Å². The molecule has 9 heteroatoms. The molecule has 1 amide bonds. The number of nitrogens with two attached hydrogens (primary N) is 1. The minimum atomic E-state index is -4.72. The highest BCUT2D eigenvalue weighted by atomic mass is 19.4. The summed E-state index contributed by atoms with van der Waals surface area (Å²) >= 11 is 0. The van der Waals surface area contributed by atoms with Crippen LogP contribution in [-0.2, 0) is 17.5 Å². The second-order valence-electron chi connectivity index (χ2n) is 3.42. The van der Waals surface area contributed by atoms with E-state index >= 15 is 0 Å². The lowest BCUT2D eigenvalue weighted by Gasteiger charge is -2.10. The molecule has 1 aromatic heterocycles. The van der Waals surface area contributed by atoms with Gasteiger partial charge in [0.05, 0.1) is 0 Å². The standard InChI is InChI=1S/C9H13F3N4O2/c1-2-18-5-3-4-16-7(9(10,11)12)6(8(13)17)14-15-16/h2-5H2,1H3,(H2,13,17). The van der Waals surface area contributed by atoms with Gasteiger partial charge in [0.2, 0.25) is 0 Å². The van der Waals surface area contributed by atoms with Gasteiger partial charge >= 0.3 is 6.18 Å². The van der Waals surface area contributed by atoms with Crippen molar-refractivity contribution in [3.05, 3.63) is 11.4 Å². The van der Waals surface area contributed by atoms with Gasteiger partial charge in [0, 0.05) is 19.8 Å². The molecule has 1 rings (SSSR count). The van der Waals surface area contributed by atoms with Gasteiger partial charge in [-0.15, -0.1) is 5.10 Å². The number of halogens is 3. The number of ether oxygens (including phenoxy) is 1. The van der Waals surface area contributed by atoms with E-state index in [4.69, 9.17) is 10.5 Å². The third-order valence-corrected chi connectivity index (χ3v) is 2.10. The number of rotatable bonds is 6. The van der Waals surface area contributed by atoms with Crippen molar-refractivity contribution < 1.29 is 22.7 Å². The van der Waals surface area contributed by atoms with Gasteiger partial charge in [-0.25, -0.2) is 4.68 Å². The summed E-state index contributed by atoms with van der Waals surface area (Å²) in [6.07, 6.45) is -4.39. The van der Waals surface area contributed by atoms with E-state index in [0.717, 1.165) is 0 Å². The predicted molar refractivity (Wildman–Crippen MR) is 54.7 cm³/mol. The Balaban J connectivity index is 2.88. The minimum absolute atomic E-state index is 0.0465. The van der Waals surface area contributed by atoms with Gasteiger partial charge in [-0.3, -0.25) is 4.79 Å². The largest absolute Gasteiger partial charge is 0.435 e. The van der Waals surface area contributed by atoms with Gasteiger partial charge in [0.15, 0.2) is 11.4 Å². The molecule has 0 atom stereocenters. The molecule has 1 aromatic rings. The van der Waals surface area contributed by atoms with Crippen LogP contribution >= 0.6 is 0 Å². The first-order valence-corrected chi connectivity index (χ1v) is 5.26. The summed E-state index contributed by atoms with van der Waals surface area (Å²) in [4.78, 5) is 10.8. The van der Waals surface area contributed by atoms with Crippen LogP contribution in [0.1, 0.15) is 29.5 Å². The Bertz CT molecular complexity index is 416. The van der Waals surface area contributed by atoms with Crippen LogP contribution in [0.4, 0.5) is 13.2 Å². The second kappa shape index (κ2) is 5.80. The molecule has 0 aliphatic heterocycles. The number of primary amides is 1. The lowest BCUT2D eigenvalue weighted by molar-refractivity contribution is -0.144. The van der Waals surface area contributed by atoms with Crippen molar-refractivity contribution in [1.29, 1.82) is 0 Å². The smallest absolute Gasteiger partial charge is 0.382 e. The van der Waals surface area contributed by atoms with Crippen LogP contribution in [-0.4, -0.2) is 34.1 Å². The summed E-state index contributed by atoms with van der Waals surface area (Å²) in [6, 6.07) is 0. The molecule has 6 nitrogen and oxygen atoms in total. The number of hydrogen-bond donors (Lipinski definition) is 1. The first-order chi connectivity index (χ1) is 8.38. The highest BCUT2D eigenvalue weighted by Gasteiger charge is 2.40. The molecular formula is C9H13F3N4O2. The third-order valence-electron chi connectivity index (χ3n) is 2.10. The first-order valence-electron chi connectivity index (χ1n) is 5.26. The lowest BCUT2D eigenvalue weighted by atomic mass is 10.3. The van der Waals surface area contributed by atoms with Crippen molar-refractivity contribution in [1.82, 2.24) is 15.0 Å². The maximum absolute atomic E-state index is 12.7. The van der Waals surface area contributed by atoms with Gasteiger partial charge in [0.25, 0.3) is 5.91 Å². The fourth-order valence-electron chi connectivity index (χ4n) is 1.38. The molecule has 0 aliphatic carbocycles. The van der Waals surface area contributed by atoms with Crippen molar-refractivity contribution in [3.8, 4) is 0 Å². The van der Waals surface area contributed by atoms with Crippen LogP contribution in [0.3, 0.4) is 0 Å². The summed E-state index contributed by atoms with van der Waals surface area (Å²) in [6.45, 7) is 2.52. The third kappa shape index (κ3) is 3.42. The van der Waals surface area contributed by atoms with Crippen LogP contribution in [0.15, 0.2) is 0 Å². The minimum Gasteiger partial charge on any atom is -0.382 e. The Kier molecular flexibility index (Phi) is 4.65. The molecule has 0 bridgehead atoms. The molecule has 18 heavy (non-hydrogen) atoms. The Morgan fingerprint density at radius 3 is 2.67 bits per heavy atom. The predicted octanol–water partition coefficient (Wildman–Crippen LogP) is 0.822. The molecule has 0 radical (unpaired) electrons. The van der Waals surface area contributed by atoms with E-state index in [0.29, 0.717) is 24.3 Å². The fourth-order valence-corrected chi connectivity index (χ4v) is 1.38. The molecule has 0 saturated heterocycles. The summed E-state index contributed by atoms with van der Waals surface area (Å²) < 4.78 is 43.8. The molecule has 0 spiro atoms. The molecule has 0 unspecified atom stereocenters. The Hall–Kier alpha value is -1.64. The lowest BCUT2D eigenvalue weighted by Crippen LogP contribution is -2.22.